The highest BCUT2D eigenvalue weighted by atomic mass is 35.5. The van der Waals surface area contributed by atoms with Crippen LogP contribution in [0.15, 0.2) is 42.6 Å². The fraction of sp³-hybridized carbons (Fsp3) is 0.188. The van der Waals surface area contributed by atoms with Crippen molar-refractivity contribution in [2.75, 3.05) is 5.32 Å². The van der Waals surface area contributed by atoms with Gasteiger partial charge in [0, 0.05) is 11.8 Å². The summed E-state index contributed by atoms with van der Waals surface area (Å²) in [5.74, 6) is 0.799. The van der Waals surface area contributed by atoms with Crippen LogP contribution in [0.3, 0.4) is 0 Å². The summed E-state index contributed by atoms with van der Waals surface area (Å²) in [4.78, 5) is 16.2. The van der Waals surface area contributed by atoms with E-state index in [1.54, 1.807) is 36.4 Å². The molecule has 0 unspecified atom stereocenters. The predicted octanol–water partition coefficient (Wildman–Crippen LogP) is 3.65. The van der Waals surface area contributed by atoms with E-state index in [9.17, 15) is 4.79 Å². The van der Waals surface area contributed by atoms with Crippen molar-refractivity contribution in [3.63, 3.8) is 0 Å². The fourth-order valence-corrected chi connectivity index (χ4v) is 2.06. The number of pyridine rings is 1. The Bertz CT molecular complexity index is 705. The average molecular weight is 350 g/mol. The van der Waals surface area contributed by atoms with E-state index in [2.05, 4.69) is 15.6 Å². The Morgan fingerprint density at radius 3 is 2.74 bits per heavy atom. The highest BCUT2D eigenvalue weighted by Crippen LogP contribution is 2.15. The van der Waals surface area contributed by atoms with Crippen molar-refractivity contribution in [2.45, 2.75) is 20.0 Å². The number of benzene rings is 1. The molecule has 0 aliphatic carbocycles. The van der Waals surface area contributed by atoms with Crippen LogP contribution in [0.25, 0.3) is 0 Å². The maximum absolute atomic E-state index is 12.2. The van der Waals surface area contributed by atoms with Crippen molar-refractivity contribution in [1.29, 1.82) is 0 Å². The van der Waals surface area contributed by atoms with Gasteiger partial charge in [0.2, 0.25) is 0 Å². The lowest BCUT2D eigenvalue weighted by molar-refractivity contribution is 0.0977. The van der Waals surface area contributed by atoms with Crippen molar-refractivity contribution in [1.82, 2.24) is 10.3 Å². The Morgan fingerprint density at radius 1 is 1.30 bits per heavy atom. The summed E-state index contributed by atoms with van der Waals surface area (Å²) in [7, 11) is 0. The van der Waals surface area contributed by atoms with Gasteiger partial charge in [0.25, 0.3) is 5.91 Å². The molecule has 0 spiro atoms. The van der Waals surface area contributed by atoms with Crippen LogP contribution in [0.4, 0.5) is 5.82 Å². The second kappa shape index (κ2) is 7.89. The van der Waals surface area contributed by atoms with E-state index in [0.29, 0.717) is 22.2 Å². The van der Waals surface area contributed by atoms with Crippen molar-refractivity contribution < 1.29 is 9.53 Å². The first-order chi connectivity index (χ1) is 10.9. The lowest BCUT2D eigenvalue weighted by atomic mass is 10.2. The van der Waals surface area contributed by atoms with Crippen molar-refractivity contribution in [2.24, 2.45) is 0 Å². The molecule has 2 N–H and O–H groups in total. The maximum atomic E-state index is 12.2. The summed E-state index contributed by atoms with van der Waals surface area (Å²) in [5.41, 5.74) is 0.455. The van der Waals surface area contributed by atoms with Gasteiger partial charge in [-0.1, -0.05) is 17.7 Å². The molecule has 1 amide bonds. The van der Waals surface area contributed by atoms with E-state index in [-0.39, 0.29) is 17.1 Å². The van der Waals surface area contributed by atoms with Gasteiger partial charge in [0.05, 0.1) is 11.1 Å². The van der Waals surface area contributed by atoms with Crippen LogP contribution in [0.1, 0.15) is 24.2 Å². The first-order valence-corrected chi connectivity index (χ1v) is 7.73. The van der Waals surface area contributed by atoms with Gasteiger partial charge in [-0.05, 0) is 56.4 Å². The highest BCUT2D eigenvalue weighted by molar-refractivity contribution is 7.80. The zero-order valence-corrected chi connectivity index (χ0v) is 14.2. The number of carbonyl (C=O) groups is 1. The third kappa shape index (κ3) is 5.50. The number of nitrogens with one attached hydrogen (secondary N) is 2. The lowest BCUT2D eigenvalue weighted by Crippen LogP contribution is -2.34. The summed E-state index contributed by atoms with van der Waals surface area (Å²) in [6.07, 6.45) is 1.52. The Morgan fingerprint density at radius 2 is 2.09 bits per heavy atom. The minimum atomic E-state index is -0.328. The Balaban J connectivity index is 1.98. The molecule has 7 heteroatoms. The summed E-state index contributed by atoms with van der Waals surface area (Å²) in [5, 5.41) is 6.08. The molecule has 0 aliphatic heterocycles. The number of aromatic nitrogens is 1. The lowest BCUT2D eigenvalue weighted by Gasteiger charge is -2.12. The van der Waals surface area contributed by atoms with Gasteiger partial charge in [0.1, 0.15) is 11.6 Å². The minimum absolute atomic E-state index is 0.0343. The Kier molecular flexibility index (Phi) is 5.90. The van der Waals surface area contributed by atoms with E-state index in [0.717, 1.165) is 0 Å². The van der Waals surface area contributed by atoms with Crippen LogP contribution in [0.5, 0.6) is 5.75 Å². The molecule has 23 heavy (non-hydrogen) atoms. The molecular formula is C16H16ClN3O2S. The Labute approximate surface area is 145 Å². The van der Waals surface area contributed by atoms with Crippen LogP contribution in [0.2, 0.25) is 5.02 Å². The second-order valence-electron chi connectivity index (χ2n) is 4.96. The van der Waals surface area contributed by atoms with E-state index in [1.165, 1.54) is 6.20 Å². The summed E-state index contributed by atoms with van der Waals surface area (Å²) in [6, 6.07) is 10.2. The summed E-state index contributed by atoms with van der Waals surface area (Å²) in [6.45, 7) is 3.84. The number of rotatable bonds is 4. The Hall–Kier alpha value is -2.18. The first-order valence-electron chi connectivity index (χ1n) is 6.94. The zero-order valence-electron chi connectivity index (χ0n) is 12.7. The van der Waals surface area contributed by atoms with E-state index in [1.807, 2.05) is 13.8 Å². The summed E-state index contributed by atoms with van der Waals surface area (Å²) < 4.78 is 5.57. The SMILES string of the molecule is CC(C)Oc1cccc(C(=O)NC(=S)Nc2ccc(Cl)cn2)c1. The monoisotopic (exact) mass is 349 g/mol. The number of halogens is 1. The van der Waals surface area contributed by atoms with Gasteiger partial charge in [0.15, 0.2) is 5.11 Å². The average Bonchev–Trinajstić information content (AvgIpc) is 2.49. The maximum Gasteiger partial charge on any atom is 0.257 e. The highest BCUT2D eigenvalue weighted by Gasteiger charge is 2.10. The first kappa shape index (κ1) is 17.2. The molecule has 0 aliphatic rings. The molecule has 0 fully saturated rings. The van der Waals surface area contributed by atoms with Gasteiger partial charge >= 0.3 is 0 Å². The molecule has 1 aromatic heterocycles. The van der Waals surface area contributed by atoms with Gasteiger partial charge in [-0.3, -0.25) is 10.1 Å². The molecule has 0 atom stereocenters. The molecule has 2 aromatic rings. The molecule has 120 valence electrons. The third-order valence-corrected chi connectivity index (χ3v) is 3.09. The van der Waals surface area contributed by atoms with Crippen molar-refractivity contribution >= 4 is 40.7 Å². The van der Waals surface area contributed by atoms with Crippen LogP contribution < -0.4 is 15.4 Å². The number of carbonyl (C=O) groups excluding carboxylic acids is 1. The quantitative estimate of drug-likeness (QED) is 0.825. The fourth-order valence-electron chi connectivity index (χ4n) is 1.76. The second-order valence-corrected chi connectivity index (χ2v) is 5.81. The van der Waals surface area contributed by atoms with Crippen LogP contribution in [-0.2, 0) is 0 Å². The largest absolute Gasteiger partial charge is 0.491 e. The van der Waals surface area contributed by atoms with Crippen molar-refractivity contribution in [3.05, 3.63) is 53.2 Å². The van der Waals surface area contributed by atoms with E-state index in [4.69, 9.17) is 28.6 Å². The number of amides is 1. The molecule has 1 aromatic carbocycles. The van der Waals surface area contributed by atoms with Crippen molar-refractivity contribution in [3.8, 4) is 5.75 Å². The smallest absolute Gasteiger partial charge is 0.257 e. The molecule has 0 bridgehead atoms. The number of nitrogens with zero attached hydrogens (tertiary/aromatic N) is 1. The molecule has 0 saturated heterocycles. The topological polar surface area (TPSA) is 63.2 Å². The minimum Gasteiger partial charge on any atom is -0.491 e. The molecule has 0 saturated carbocycles. The number of hydrogen-bond donors (Lipinski definition) is 2. The molecule has 2 rings (SSSR count). The van der Waals surface area contributed by atoms with Gasteiger partial charge < -0.3 is 10.1 Å². The molecule has 0 radical (unpaired) electrons. The van der Waals surface area contributed by atoms with Crippen LogP contribution in [-0.4, -0.2) is 22.1 Å². The van der Waals surface area contributed by atoms with Crippen LogP contribution in [0, 0.1) is 0 Å². The van der Waals surface area contributed by atoms with Gasteiger partial charge in [-0.15, -0.1) is 0 Å². The van der Waals surface area contributed by atoms with E-state index >= 15 is 0 Å². The van der Waals surface area contributed by atoms with Gasteiger partial charge in [-0.25, -0.2) is 4.98 Å². The molecular weight excluding hydrogens is 334 g/mol. The summed E-state index contributed by atoms with van der Waals surface area (Å²) >= 11 is 10.9. The zero-order chi connectivity index (χ0) is 16.8. The predicted molar refractivity (Wildman–Crippen MR) is 95.1 cm³/mol. The number of anilines is 1. The van der Waals surface area contributed by atoms with E-state index < -0.39 is 0 Å². The number of hydrogen-bond acceptors (Lipinski definition) is 4. The third-order valence-electron chi connectivity index (χ3n) is 2.66. The standard InChI is InChI=1S/C16H16ClN3O2S/c1-10(2)22-13-5-3-4-11(8-13)15(21)20-16(23)19-14-7-6-12(17)9-18-14/h3-10H,1-2H3,(H2,18,19,20,21,23). The molecule has 5 nitrogen and oxygen atoms in total. The number of ether oxygens (including phenoxy) is 1. The number of thiocarbonyl (C=S) groups is 1. The van der Waals surface area contributed by atoms with Crippen LogP contribution >= 0.6 is 23.8 Å². The normalized spacial score (nSPS) is 10.3. The van der Waals surface area contributed by atoms with Gasteiger partial charge in [-0.2, -0.15) is 0 Å². The molecule has 1 heterocycles.